The molecule has 0 fully saturated rings. The van der Waals surface area contributed by atoms with Crippen molar-refractivity contribution in [1.29, 1.82) is 0 Å². The predicted molar refractivity (Wildman–Crippen MR) is 61.0 cm³/mol. The number of anilines is 1. The van der Waals surface area contributed by atoms with Crippen LogP contribution >= 0.6 is 11.6 Å². The number of hydrogen-bond acceptors (Lipinski definition) is 3. The van der Waals surface area contributed by atoms with E-state index in [2.05, 4.69) is 15.2 Å². The van der Waals surface area contributed by atoms with E-state index in [0.29, 0.717) is 16.3 Å². The lowest BCUT2D eigenvalue weighted by atomic mass is 10.2. The van der Waals surface area contributed by atoms with Crippen molar-refractivity contribution in [1.82, 2.24) is 15.2 Å². The van der Waals surface area contributed by atoms with Gasteiger partial charge in [0.25, 0.3) is 0 Å². The van der Waals surface area contributed by atoms with Gasteiger partial charge < -0.3 is 5.73 Å². The van der Waals surface area contributed by atoms with Crippen LogP contribution in [-0.4, -0.2) is 21.4 Å². The van der Waals surface area contributed by atoms with Crippen molar-refractivity contribution < 1.29 is 13.2 Å². The maximum absolute atomic E-state index is 12.1. The first-order valence-electron chi connectivity index (χ1n) is 4.88. The number of aromatic amines is 1. The quantitative estimate of drug-likeness (QED) is 0.829. The number of benzene rings is 1. The summed E-state index contributed by atoms with van der Waals surface area (Å²) in [6.07, 6.45) is -5.47. The molecular weight excluding hydrogens is 269 g/mol. The van der Waals surface area contributed by atoms with Crippen LogP contribution in [-0.2, 0) is 6.42 Å². The zero-order chi connectivity index (χ0) is 13.3. The highest BCUT2D eigenvalue weighted by molar-refractivity contribution is 6.33. The van der Waals surface area contributed by atoms with Crippen LogP contribution in [0.1, 0.15) is 5.82 Å². The summed E-state index contributed by atoms with van der Waals surface area (Å²) in [6, 6.07) is 4.62. The Kier molecular flexibility index (Phi) is 3.16. The van der Waals surface area contributed by atoms with Crippen molar-refractivity contribution in [2.75, 3.05) is 5.73 Å². The molecule has 96 valence electrons. The van der Waals surface area contributed by atoms with Crippen molar-refractivity contribution in [2.45, 2.75) is 12.6 Å². The Morgan fingerprint density at radius 1 is 1.33 bits per heavy atom. The second kappa shape index (κ2) is 4.49. The molecule has 0 saturated carbocycles. The van der Waals surface area contributed by atoms with E-state index in [0.717, 1.165) is 0 Å². The molecule has 0 radical (unpaired) electrons. The van der Waals surface area contributed by atoms with Crippen LogP contribution < -0.4 is 5.73 Å². The van der Waals surface area contributed by atoms with E-state index in [9.17, 15) is 13.2 Å². The Bertz CT molecular complexity index is 564. The number of alkyl halides is 3. The van der Waals surface area contributed by atoms with E-state index in [-0.39, 0.29) is 11.6 Å². The van der Waals surface area contributed by atoms with Crippen molar-refractivity contribution >= 4 is 17.3 Å². The highest BCUT2D eigenvalue weighted by atomic mass is 35.5. The van der Waals surface area contributed by atoms with Gasteiger partial charge >= 0.3 is 6.18 Å². The lowest BCUT2D eigenvalue weighted by Crippen LogP contribution is -2.12. The van der Waals surface area contributed by atoms with Gasteiger partial charge in [-0.2, -0.15) is 18.3 Å². The molecule has 18 heavy (non-hydrogen) atoms. The molecule has 1 aromatic carbocycles. The SMILES string of the molecule is Nc1cc(-c2n[nH]c(CC(F)(F)F)n2)ccc1Cl. The lowest BCUT2D eigenvalue weighted by Gasteiger charge is -2.01. The number of H-pyrrole nitrogens is 1. The third kappa shape index (κ3) is 2.92. The summed E-state index contributed by atoms with van der Waals surface area (Å²) in [4.78, 5) is 3.75. The summed E-state index contributed by atoms with van der Waals surface area (Å²) >= 11 is 5.74. The largest absolute Gasteiger partial charge is 0.398 e. The fourth-order valence-electron chi connectivity index (χ4n) is 1.38. The molecule has 1 aromatic heterocycles. The van der Waals surface area contributed by atoms with E-state index in [4.69, 9.17) is 17.3 Å². The van der Waals surface area contributed by atoms with Gasteiger partial charge in [-0.15, -0.1) is 0 Å². The fourth-order valence-corrected chi connectivity index (χ4v) is 1.49. The van der Waals surface area contributed by atoms with Crippen molar-refractivity contribution in [3.8, 4) is 11.4 Å². The molecule has 0 aliphatic carbocycles. The summed E-state index contributed by atoms with van der Waals surface area (Å²) in [7, 11) is 0. The Morgan fingerprint density at radius 3 is 2.67 bits per heavy atom. The molecule has 0 aliphatic rings. The zero-order valence-electron chi connectivity index (χ0n) is 8.92. The number of rotatable bonds is 2. The second-order valence-electron chi connectivity index (χ2n) is 3.63. The van der Waals surface area contributed by atoms with Gasteiger partial charge in [0.05, 0.1) is 10.7 Å². The molecule has 4 nitrogen and oxygen atoms in total. The van der Waals surface area contributed by atoms with Crippen LogP contribution in [0.4, 0.5) is 18.9 Å². The number of nitrogens with two attached hydrogens (primary N) is 1. The fraction of sp³-hybridized carbons (Fsp3) is 0.200. The van der Waals surface area contributed by atoms with Gasteiger partial charge in [-0.1, -0.05) is 11.6 Å². The van der Waals surface area contributed by atoms with Gasteiger partial charge in [0.15, 0.2) is 5.82 Å². The monoisotopic (exact) mass is 276 g/mol. The average Bonchev–Trinajstić information content (AvgIpc) is 2.68. The molecule has 0 atom stereocenters. The topological polar surface area (TPSA) is 67.6 Å². The third-order valence-corrected chi connectivity index (χ3v) is 2.50. The van der Waals surface area contributed by atoms with Crippen LogP contribution in [0.5, 0.6) is 0 Å². The molecule has 0 amide bonds. The molecule has 0 saturated heterocycles. The van der Waals surface area contributed by atoms with E-state index in [1.807, 2.05) is 0 Å². The minimum atomic E-state index is -4.32. The molecule has 0 spiro atoms. The highest BCUT2D eigenvalue weighted by Crippen LogP contribution is 2.25. The molecule has 0 aliphatic heterocycles. The Hall–Kier alpha value is -1.76. The molecule has 0 bridgehead atoms. The first-order valence-corrected chi connectivity index (χ1v) is 5.26. The Morgan fingerprint density at radius 2 is 2.06 bits per heavy atom. The van der Waals surface area contributed by atoms with Gasteiger partial charge in [-0.3, -0.25) is 5.10 Å². The summed E-state index contributed by atoms with van der Waals surface area (Å²) in [6.45, 7) is 0. The maximum atomic E-state index is 12.1. The first-order chi connectivity index (χ1) is 8.35. The highest BCUT2D eigenvalue weighted by Gasteiger charge is 2.29. The van der Waals surface area contributed by atoms with E-state index in [1.54, 1.807) is 6.07 Å². The van der Waals surface area contributed by atoms with Crippen LogP contribution in [0.2, 0.25) is 5.02 Å². The minimum absolute atomic E-state index is 0.151. The Balaban J connectivity index is 2.26. The van der Waals surface area contributed by atoms with Crippen molar-refractivity contribution in [3.05, 3.63) is 29.0 Å². The van der Waals surface area contributed by atoms with Gasteiger partial charge in [0.2, 0.25) is 0 Å². The van der Waals surface area contributed by atoms with Gasteiger partial charge in [-0.05, 0) is 18.2 Å². The average molecular weight is 277 g/mol. The number of nitrogens with zero attached hydrogens (tertiary/aromatic N) is 2. The van der Waals surface area contributed by atoms with Crippen molar-refractivity contribution in [2.24, 2.45) is 0 Å². The number of halogens is 4. The predicted octanol–water partition coefficient (Wildman–Crippen LogP) is 2.81. The maximum Gasteiger partial charge on any atom is 0.396 e. The number of hydrogen-bond donors (Lipinski definition) is 2. The van der Waals surface area contributed by atoms with Gasteiger partial charge in [0.1, 0.15) is 12.2 Å². The minimum Gasteiger partial charge on any atom is -0.398 e. The lowest BCUT2D eigenvalue weighted by molar-refractivity contribution is -0.128. The molecular formula is C10H8ClF3N4. The number of nitrogens with one attached hydrogen (secondary N) is 1. The third-order valence-electron chi connectivity index (χ3n) is 2.15. The second-order valence-corrected chi connectivity index (χ2v) is 4.04. The molecule has 2 aromatic rings. The summed E-state index contributed by atoms with van der Waals surface area (Å²) < 4.78 is 36.4. The molecule has 2 rings (SSSR count). The van der Waals surface area contributed by atoms with E-state index >= 15 is 0 Å². The smallest absolute Gasteiger partial charge is 0.396 e. The standard InChI is InChI=1S/C10H8ClF3N4/c11-6-2-1-5(3-7(6)15)9-16-8(17-18-9)4-10(12,13)14/h1-3H,4,15H2,(H,16,17,18). The molecule has 3 N–H and O–H groups in total. The van der Waals surface area contributed by atoms with Crippen LogP contribution in [0.25, 0.3) is 11.4 Å². The Labute approximate surface area is 105 Å². The van der Waals surface area contributed by atoms with Gasteiger partial charge in [0, 0.05) is 5.56 Å². The van der Waals surface area contributed by atoms with E-state index < -0.39 is 12.6 Å². The number of aromatic nitrogens is 3. The summed E-state index contributed by atoms with van der Waals surface area (Å²) in [5, 5.41) is 6.31. The summed E-state index contributed by atoms with van der Waals surface area (Å²) in [5.41, 5.74) is 6.41. The van der Waals surface area contributed by atoms with E-state index in [1.165, 1.54) is 12.1 Å². The zero-order valence-corrected chi connectivity index (χ0v) is 9.68. The van der Waals surface area contributed by atoms with Crippen LogP contribution in [0, 0.1) is 0 Å². The molecule has 0 unspecified atom stereocenters. The van der Waals surface area contributed by atoms with Crippen LogP contribution in [0.3, 0.4) is 0 Å². The first kappa shape index (κ1) is 12.7. The normalized spacial score (nSPS) is 11.8. The number of nitrogen functional groups attached to an aromatic ring is 1. The van der Waals surface area contributed by atoms with Crippen LogP contribution in [0.15, 0.2) is 18.2 Å². The molecule has 1 heterocycles. The summed E-state index contributed by atoms with van der Waals surface area (Å²) in [5.74, 6) is -0.0939. The molecule has 8 heteroatoms. The van der Waals surface area contributed by atoms with Crippen molar-refractivity contribution in [3.63, 3.8) is 0 Å². The van der Waals surface area contributed by atoms with Gasteiger partial charge in [-0.25, -0.2) is 4.98 Å².